The molecule has 0 unspecified atom stereocenters. The lowest BCUT2D eigenvalue weighted by Crippen LogP contribution is -2.41. The standard InChI is InChI=1S/C14H18BFN2O6.C14H12FN3O5.C8H6BrFN2O4.C7H6F3NO4S/c1-13(2)14(3,4)24-15(23-13)7-6-8(18(20)21)11(17)9(10(7)16)12(19)22-5;1-17-4-3-7(5-10(17)19)8-6-9(18(21)22)13(16)11(12(8)15)14(20)23-2;1-16-8(13)5-6(10)3(9)2-4(7(5)11)12(14)15;1-11-3-2-5(4-6(11)12)15-16(13,14)7(8,9)10/h6H,17H2,1-5H3;3-6H,16H2,1-2H3;2H,11H2,1H3;2-4H,1H3. The molecule has 5 aromatic rings. The van der Waals surface area contributed by atoms with Crippen LogP contribution in [-0.4, -0.2) is 95.4 Å². The predicted molar refractivity (Wildman–Crippen MR) is 268 cm³/mol. The maximum atomic E-state index is 14.8. The number of alkyl halides is 3. The minimum absolute atomic E-state index is 0.0823. The number of hydrogen-bond acceptors (Lipinski definition) is 22. The number of pyridine rings is 2. The number of carbonyl (C=O) groups is 3. The van der Waals surface area contributed by atoms with Crippen molar-refractivity contribution in [2.75, 3.05) is 38.5 Å². The molecular weight excluding hydrogens is 1170 g/mol. The number of esters is 3. The maximum Gasteiger partial charge on any atom is 0.534 e. The first kappa shape index (κ1) is 64.7. The van der Waals surface area contributed by atoms with Crippen molar-refractivity contribution in [2.45, 2.75) is 44.4 Å². The highest BCUT2D eigenvalue weighted by Crippen LogP contribution is 2.39. The van der Waals surface area contributed by atoms with Crippen molar-refractivity contribution in [3.05, 3.63) is 145 Å². The van der Waals surface area contributed by atoms with E-state index in [1.54, 1.807) is 27.7 Å². The molecule has 426 valence electrons. The molecule has 0 saturated carbocycles. The van der Waals surface area contributed by atoms with Crippen LogP contribution in [0.4, 0.5) is 60.5 Å². The van der Waals surface area contributed by atoms with E-state index in [0.29, 0.717) is 6.07 Å². The summed E-state index contributed by atoms with van der Waals surface area (Å²) >= 11 is 2.75. The van der Waals surface area contributed by atoms with Crippen molar-refractivity contribution >= 4 is 90.7 Å². The summed E-state index contributed by atoms with van der Waals surface area (Å²) in [6, 6.07) is 6.75. The molecule has 79 heavy (non-hydrogen) atoms. The van der Waals surface area contributed by atoms with Gasteiger partial charge in [-0.2, -0.15) is 21.6 Å². The Morgan fingerprint density at radius 2 is 1.04 bits per heavy atom. The normalized spacial score (nSPS) is 13.2. The van der Waals surface area contributed by atoms with E-state index in [1.807, 2.05) is 0 Å². The molecule has 3 heterocycles. The number of nitro groups is 3. The number of nitrogens with two attached hydrogens (primary N) is 3. The predicted octanol–water partition coefficient (Wildman–Crippen LogP) is 5.35. The molecule has 6 N–H and O–H groups in total. The molecule has 1 fully saturated rings. The topological polar surface area (TPSA) is 392 Å². The molecule has 36 heteroatoms. The van der Waals surface area contributed by atoms with Gasteiger partial charge >= 0.3 is 40.7 Å². The minimum atomic E-state index is -5.73. The number of methoxy groups -OCH3 is 3. The van der Waals surface area contributed by atoms with Crippen molar-refractivity contribution in [1.29, 1.82) is 0 Å². The van der Waals surface area contributed by atoms with Crippen LogP contribution >= 0.6 is 15.9 Å². The molecule has 1 saturated heterocycles. The fraction of sp³-hybridized carbons (Fsp3) is 0.279. The van der Waals surface area contributed by atoms with Crippen LogP contribution in [0.2, 0.25) is 0 Å². The van der Waals surface area contributed by atoms with Crippen LogP contribution in [0.3, 0.4) is 0 Å². The number of rotatable bonds is 10. The highest BCUT2D eigenvalue weighted by molar-refractivity contribution is 9.10. The third-order valence-corrected chi connectivity index (χ3v) is 12.6. The lowest BCUT2D eigenvalue weighted by molar-refractivity contribution is -0.384. The molecule has 0 atom stereocenters. The van der Waals surface area contributed by atoms with Gasteiger partial charge in [-0.05, 0) is 61.3 Å². The first-order valence-electron chi connectivity index (χ1n) is 21.1. The molecule has 3 aromatic carbocycles. The number of nitro benzene ring substituents is 3. The fourth-order valence-electron chi connectivity index (χ4n) is 6.15. The summed E-state index contributed by atoms with van der Waals surface area (Å²) in [5.41, 5.74) is 1.97. The summed E-state index contributed by atoms with van der Waals surface area (Å²) in [7, 11) is -1.07. The van der Waals surface area contributed by atoms with E-state index in [0.717, 1.165) is 62.4 Å². The number of aromatic nitrogens is 2. The van der Waals surface area contributed by atoms with E-state index < -0.39 is 152 Å². The lowest BCUT2D eigenvalue weighted by atomic mass is 9.77. The molecule has 1 aliphatic heterocycles. The maximum absolute atomic E-state index is 14.8. The summed E-state index contributed by atoms with van der Waals surface area (Å²) in [6.45, 7) is 6.99. The van der Waals surface area contributed by atoms with E-state index in [2.05, 4.69) is 34.3 Å². The van der Waals surface area contributed by atoms with E-state index in [1.165, 1.54) is 30.9 Å². The van der Waals surface area contributed by atoms with Crippen molar-refractivity contribution < 1.29 is 91.6 Å². The third-order valence-electron chi connectivity index (χ3n) is 11.1. The molecule has 0 radical (unpaired) electrons. The van der Waals surface area contributed by atoms with E-state index in [-0.39, 0.29) is 21.1 Å². The number of nitrogen functional groups attached to an aromatic ring is 3. The van der Waals surface area contributed by atoms with Crippen LogP contribution in [0, 0.1) is 47.8 Å². The number of anilines is 3. The number of benzene rings is 3. The number of aryl methyl sites for hydroxylation is 2. The molecule has 0 spiro atoms. The Morgan fingerprint density at radius 3 is 1.43 bits per heavy atom. The number of ether oxygens (including phenoxy) is 3. The van der Waals surface area contributed by atoms with Gasteiger partial charge in [0, 0.05) is 67.8 Å². The summed E-state index contributed by atoms with van der Waals surface area (Å²) in [5, 5.41) is 32.9. The Kier molecular flexibility index (Phi) is 20.3. The second kappa shape index (κ2) is 24.8. The van der Waals surface area contributed by atoms with Crippen molar-refractivity contribution in [3.63, 3.8) is 0 Å². The van der Waals surface area contributed by atoms with Crippen LogP contribution in [-0.2, 0) is 47.7 Å². The van der Waals surface area contributed by atoms with Gasteiger partial charge in [0.25, 0.3) is 28.2 Å². The number of nitrogens with zero attached hydrogens (tertiary/aromatic N) is 5. The first-order valence-corrected chi connectivity index (χ1v) is 23.3. The van der Waals surface area contributed by atoms with Gasteiger partial charge < -0.3 is 54.0 Å². The number of carbonyl (C=O) groups excluding carboxylic acids is 3. The fourth-order valence-corrected chi connectivity index (χ4v) is 7.01. The van der Waals surface area contributed by atoms with Gasteiger partial charge in [0.15, 0.2) is 5.82 Å². The number of hydrogen-bond donors (Lipinski definition) is 3. The largest absolute Gasteiger partial charge is 0.534 e. The molecule has 27 nitrogen and oxygen atoms in total. The average molecular weight is 1210 g/mol. The van der Waals surface area contributed by atoms with Gasteiger partial charge in [-0.1, -0.05) is 0 Å². The average Bonchev–Trinajstić information content (AvgIpc) is 3.58. The Hall–Kier alpha value is -8.64. The van der Waals surface area contributed by atoms with Crippen LogP contribution in [0.15, 0.2) is 68.9 Å². The van der Waals surface area contributed by atoms with Crippen LogP contribution in [0.1, 0.15) is 58.8 Å². The molecular formula is C43H42BBrF6N8O19S. The Labute approximate surface area is 448 Å². The van der Waals surface area contributed by atoms with Gasteiger partial charge in [0.2, 0.25) is 0 Å². The second-order valence-corrected chi connectivity index (χ2v) is 19.0. The first-order chi connectivity index (χ1) is 36.2. The van der Waals surface area contributed by atoms with Crippen molar-refractivity contribution in [2.24, 2.45) is 14.1 Å². The zero-order chi connectivity index (χ0) is 60.8. The second-order valence-electron chi connectivity index (χ2n) is 16.6. The molecule has 0 aliphatic carbocycles. The van der Waals surface area contributed by atoms with Gasteiger partial charge in [-0.15, -0.1) is 0 Å². The van der Waals surface area contributed by atoms with E-state index in [4.69, 9.17) is 26.5 Å². The zero-order valence-electron chi connectivity index (χ0n) is 42.1. The smallest absolute Gasteiger partial charge is 0.465 e. The Morgan fingerprint density at radius 1 is 0.658 bits per heavy atom. The molecule has 0 bridgehead atoms. The summed E-state index contributed by atoms with van der Waals surface area (Å²) in [4.78, 5) is 87.8. The minimum Gasteiger partial charge on any atom is -0.465 e. The lowest BCUT2D eigenvalue weighted by Gasteiger charge is -2.32. The number of halogens is 7. The zero-order valence-corrected chi connectivity index (χ0v) is 44.5. The van der Waals surface area contributed by atoms with Crippen molar-refractivity contribution in [3.8, 4) is 16.9 Å². The Bertz CT molecular complexity index is 3510. The molecule has 6 rings (SSSR count). The van der Waals surface area contributed by atoms with Crippen molar-refractivity contribution in [1.82, 2.24) is 9.13 Å². The molecule has 0 amide bonds. The third kappa shape index (κ3) is 14.3. The van der Waals surface area contributed by atoms with Crippen LogP contribution < -0.4 is 38.0 Å². The highest BCUT2D eigenvalue weighted by atomic mass is 79.9. The van der Waals surface area contributed by atoms with Crippen LogP contribution in [0.5, 0.6) is 5.75 Å². The summed E-state index contributed by atoms with van der Waals surface area (Å²) in [5.74, 6) is -7.16. The summed E-state index contributed by atoms with van der Waals surface area (Å²) in [6.07, 6.45) is 2.46. The van der Waals surface area contributed by atoms with Gasteiger partial charge in [-0.3, -0.25) is 39.9 Å². The van der Waals surface area contributed by atoms with Gasteiger partial charge in [-0.25, -0.2) is 27.6 Å². The Balaban J connectivity index is 0.000000282. The monoisotopic (exact) mass is 1210 g/mol. The van der Waals surface area contributed by atoms with Crippen LogP contribution in [0.25, 0.3) is 11.1 Å². The molecule has 1 aliphatic rings. The quantitative estimate of drug-likeness (QED) is 0.0182. The molecule has 2 aromatic heterocycles. The SMILES string of the molecule is COC(=O)c1c(N)c([N+](=O)[O-])cc(-c2ccn(C)c(=O)c2)c1F.COC(=O)c1c(N)c([N+](=O)[O-])cc(B2OC(C)(C)C(C)(C)O2)c1F.COC(=O)c1c(N)c([N+](=O)[O-])cc(Br)c1F.Cn1ccc(OS(=O)(=O)C(F)(F)F)cc1=O. The highest BCUT2D eigenvalue weighted by Gasteiger charge is 2.53. The van der Waals surface area contributed by atoms with E-state index >= 15 is 0 Å². The van der Waals surface area contributed by atoms with Gasteiger partial charge in [0.05, 0.1) is 51.8 Å². The summed E-state index contributed by atoms with van der Waals surface area (Å²) < 4.78 is 130. The van der Waals surface area contributed by atoms with E-state index in [9.17, 15) is 89.1 Å². The van der Waals surface area contributed by atoms with Gasteiger partial charge in [0.1, 0.15) is 51.1 Å².